The van der Waals surface area contributed by atoms with E-state index in [1.54, 1.807) is 11.3 Å². The molecule has 3 unspecified atom stereocenters. The van der Waals surface area contributed by atoms with Gasteiger partial charge in [0.2, 0.25) is 0 Å². The highest BCUT2D eigenvalue weighted by molar-refractivity contribution is 7.09. The molecule has 3 nitrogen and oxygen atoms in total. The van der Waals surface area contributed by atoms with Crippen LogP contribution < -0.4 is 5.32 Å². The van der Waals surface area contributed by atoms with Crippen molar-refractivity contribution in [3.05, 3.63) is 16.1 Å². The predicted molar refractivity (Wildman–Crippen MR) is 66.6 cm³/mol. The van der Waals surface area contributed by atoms with Gasteiger partial charge in [-0.25, -0.2) is 4.98 Å². The van der Waals surface area contributed by atoms with Gasteiger partial charge in [0.05, 0.1) is 10.7 Å². The maximum Gasteiger partial charge on any atom is 0.0897 e. The summed E-state index contributed by atoms with van der Waals surface area (Å²) in [5, 5.41) is 7.04. The van der Waals surface area contributed by atoms with Crippen LogP contribution in [0.15, 0.2) is 5.38 Å². The van der Waals surface area contributed by atoms with E-state index in [1.165, 1.54) is 43.2 Å². The zero-order valence-corrected chi connectivity index (χ0v) is 10.6. The van der Waals surface area contributed by atoms with Crippen molar-refractivity contribution in [3.63, 3.8) is 0 Å². The van der Waals surface area contributed by atoms with Gasteiger partial charge in [0.25, 0.3) is 0 Å². The van der Waals surface area contributed by atoms with Crippen LogP contribution in [-0.4, -0.2) is 35.6 Å². The number of fused-ring (bicyclic) bond motifs is 2. The first-order valence-corrected chi connectivity index (χ1v) is 7.06. The number of rotatable bonds is 3. The molecule has 2 aliphatic heterocycles. The lowest BCUT2D eigenvalue weighted by Crippen LogP contribution is -2.43. The van der Waals surface area contributed by atoms with Gasteiger partial charge in [-0.05, 0) is 38.8 Å². The van der Waals surface area contributed by atoms with Crippen LogP contribution in [0.25, 0.3) is 0 Å². The van der Waals surface area contributed by atoms with Crippen LogP contribution in [0.1, 0.15) is 23.5 Å². The van der Waals surface area contributed by atoms with Crippen molar-refractivity contribution < 1.29 is 0 Å². The lowest BCUT2D eigenvalue weighted by molar-refractivity contribution is 0.220. The maximum atomic E-state index is 4.50. The number of aryl methyl sites for hydroxylation is 1. The molecular weight excluding hydrogens is 218 g/mol. The van der Waals surface area contributed by atoms with Gasteiger partial charge in [-0.1, -0.05) is 0 Å². The first-order valence-electron chi connectivity index (χ1n) is 6.18. The summed E-state index contributed by atoms with van der Waals surface area (Å²) in [5.74, 6) is 0.883. The summed E-state index contributed by atoms with van der Waals surface area (Å²) < 4.78 is 0. The van der Waals surface area contributed by atoms with E-state index < -0.39 is 0 Å². The number of hydrogen-bond acceptors (Lipinski definition) is 4. The molecule has 3 atom stereocenters. The summed E-state index contributed by atoms with van der Waals surface area (Å²) in [5.41, 5.74) is 1.21. The number of thiazole rings is 1. The Labute approximate surface area is 101 Å². The Balaban J connectivity index is 1.55. The number of nitrogens with one attached hydrogen (secondary N) is 1. The lowest BCUT2D eigenvalue weighted by Gasteiger charge is -2.30. The summed E-state index contributed by atoms with van der Waals surface area (Å²) >= 11 is 1.75. The van der Waals surface area contributed by atoms with Crippen molar-refractivity contribution in [2.45, 2.75) is 32.4 Å². The molecule has 2 aliphatic rings. The number of nitrogens with zero attached hydrogens (tertiary/aromatic N) is 2. The Morgan fingerprint density at radius 1 is 1.50 bits per heavy atom. The van der Waals surface area contributed by atoms with E-state index >= 15 is 0 Å². The summed E-state index contributed by atoms with van der Waals surface area (Å²) in [6, 6.07) is 0.723. The third kappa shape index (κ3) is 2.14. The monoisotopic (exact) mass is 237 g/mol. The van der Waals surface area contributed by atoms with E-state index in [2.05, 4.69) is 27.5 Å². The molecule has 1 aromatic rings. The van der Waals surface area contributed by atoms with Gasteiger partial charge >= 0.3 is 0 Å². The minimum atomic E-state index is 0.723. The zero-order chi connectivity index (χ0) is 11.0. The molecule has 16 heavy (non-hydrogen) atoms. The molecule has 1 N–H and O–H groups in total. The third-order valence-corrected chi connectivity index (χ3v) is 4.67. The lowest BCUT2D eigenvalue weighted by atomic mass is 9.94. The van der Waals surface area contributed by atoms with Gasteiger partial charge in [-0.2, -0.15) is 0 Å². The molecule has 0 saturated carbocycles. The fourth-order valence-corrected chi connectivity index (χ4v) is 3.56. The standard InChI is InChI=1S/C12H19N3S/c1-9-14-11(8-16-9)6-13-12-3-5-15-4-2-10(12)7-15/h8,10,12-13H,2-7H2,1H3. The van der Waals surface area contributed by atoms with Crippen LogP contribution in [0.5, 0.6) is 0 Å². The second kappa shape index (κ2) is 4.43. The predicted octanol–water partition coefficient (Wildman–Crippen LogP) is 1.64. The highest BCUT2D eigenvalue weighted by Gasteiger charge is 2.33. The van der Waals surface area contributed by atoms with Crippen LogP contribution in [0, 0.1) is 12.8 Å². The quantitative estimate of drug-likeness (QED) is 0.866. The summed E-state index contributed by atoms with van der Waals surface area (Å²) in [7, 11) is 0. The van der Waals surface area contributed by atoms with Gasteiger partial charge in [0, 0.05) is 24.5 Å². The Hall–Kier alpha value is -0.450. The van der Waals surface area contributed by atoms with Crippen molar-refractivity contribution in [1.82, 2.24) is 15.2 Å². The molecule has 2 fully saturated rings. The average molecular weight is 237 g/mol. The molecule has 4 heteroatoms. The minimum absolute atomic E-state index is 0.723. The summed E-state index contributed by atoms with van der Waals surface area (Å²) in [6.07, 6.45) is 2.70. The van der Waals surface area contributed by atoms with Gasteiger partial charge < -0.3 is 10.2 Å². The van der Waals surface area contributed by atoms with Crippen LogP contribution in [0.2, 0.25) is 0 Å². The Bertz CT molecular complexity index is 363. The third-order valence-electron chi connectivity index (χ3n) is 3.85. The van der Waals surface area contributed by atoms with Crippen molar-refractivity contribution >= 4 is 11.3 Å². The van der Waals surface area contributed by atoms with E-state index in [4.69, 9.17) is 0 Å². The molecule has 2 saturated heterocycles. The van der Waals surface area contributed by atoms with Gasteiger partial charge in [-0.15, -0.1) is 11.3 Å². The molecule has 0 aliphatic carbocycles. The van der Waals surface area contributed by atoms with Crippen LogP contribution in [-0.2, 0) is 6.54 Å². The molecule has 3 rings (SSSR count). The largest absolute Gasteiger partial charge is 0.308 e. The zero-order valence-electron chi connectivity index (χ0n) is 9.78. The molecule has 0 aromatic carbocycles. The SMILES string of the molecule is Cc1nc(CNC2CCN3CCC2C3)cs1. The molecule has 1 aromatic heterocycles. The van der Waals surface area contributed by atoms with Crippen molar-refractivity contribution in [2.75, 3.05) is 19.6 Å². The Morgan fingerprint density at radius 2 is 2.38 bits per heavy atom. The maximum absolute atomic E-state index is 4.50. The van der Waals surface area contributed by atoms with E-state index in [9.17, 15) is 0 Å². The molecule has 0 spiro atoms. The van der Waals surface area contributed by atoms with Crippen LogP contribution in [0.3, 0.4) is 0 Å². The minimum Gasteiger partial charge on any atom is -0.308 e. The van der Waals surface area contributed by atoms with E-state index in [0.717, 1.165) is 18.5 Å². The first kappa shape index (κ1) is 10.7. The second-order valence-corrected chi connectivity index (χ2v) is 6.05. The molecule has 0 radical (unpaired) electrons. The fraction of sp³-hybridized carbons (Fsp3) is 0.750. The molecule has 2 bridgehead atoms. The summed E-state index contributed by atoms with van der Waals surface area (Å²) in [4.78, 5) is 7.10. The van der Waals surface area contributed by atoms with E-state index in [1.807, 2.05) is 0 Å². The number of hydrogen-bond donors (Lipinski definition) is 1. The van der Waals surface area contributed by atoms with Crippen molar-refractivity contribution in [3.8, 4) is 0 Å². The topological polar surface area (TPSA) is 28.2 Å². The Kier molecular flexibility index (Phi) is 2.96. The number of aromatic nitrogens is 1. The number of piperidine rings is 1. The first-order chi connectivity index (χ1) is 7.81. The highest BCUT2D eigenvalue weighted by Crippen LogP contribution is 2.27. The van der Waals surface area contributed by atoms with Crippen LogP contribution >= 0.6 is 11.3 Å². The smallest absolute Gasteiger partial charge is 0.0897 e. The van der Waals surface area contributed by atoms with Crippen molar-refractivity contribution in [1.29, 1.82) is 0 Å². The molecule has 3 heterocycles. The normalized spacial score (nSPS) is 33.2. The molecular formula is C12H19N3S. The van der Waals surface area contributed by atoms with Gasteiger partial charge in [0.15, 0.2) is 0 Å². The average Bonchev–Trinajstić information content (AvgIpc) is 2.86. The van der Waals surface area contributed by atoms with E-state index in [-0.39, 0.29) is 0 Å². The highest BCUT2D eigenvalue weighted by atomic mass is 32.1. The second-order valence-electron chi connectivity index (χ2n) is 4.98. The fourth-order valence-electron chi connectivity index (χ4n) is 2.95. The summed E-state index contributed by atoms with van der Waals surface area (Å²) in [6.45, 7) is 6.94. The van der Waals surface area contributed by atoms with Crippen LogP contribution in [0.4, 0.5) is 0 Å². The molecule has 0 amide bonds. The Morgan fingerprint density at radius 3 is 3.19 bits per heavy atom. The molecule has 88 valence electrons. The van der Waals surface area contributed by atoms with Gasteiger partial charge in [0.1, 0.15) is 0 Å². The van der Waals surface area contributed by atoms with Gasteiger partial charge in [-0.3, -0.25) is 0 Å². The van der Waals surface area contributed by atoms with E-state index in [0.29, 0.717) is 0 Å². The van der Waals surface area contributed by atoms with Crippen molar-refractivity contribution in [2.24, 2.45) is 5.92 Å².